The van der Waals surface area contributed by atoms with Crippen molar-refractivity contribution in [3.63, 3.8) is 0 Å². The lowest BCUT2D eigenvalue weighted by Crippen LogP contribution is -2.30. The van der Waals surface area contributed by atoms with Crippen LogP contribution < -0.4 is 5.43 Å². The van der Waals surface area contributed by atoms with Crippen molar-refractivity contribution in [2.24, 2.45) is 5.10 Å². The molecule has 1 heterocycles. The van der Waals surface area contributed by atoms with Crippen molar-refractivity contribution < 1.29 is 8.42 Å². The lowest BCUT2D eigenvalue weighted by atomic mass is 9.90. The molecule has 0 radical (unpaired) electrons. The molecule has 6 nitrogen and oxygen atoms in total. The van der Waals surface area contributed by atoms with Gasteiger partial charge in [-0.1, -0.05) is 38.1 Å². The minimum Gasteiger partial charge on any atom is -0.261 e. The van der Waals surface area contributed by atoms with Crippen LogP contribution in [0.2, 0.25) is 0 Å². The van der Waals surface area contributed by atoms with E-state index in [9.17, 15) is 8.42 Å². The van der Waals surface area contributed by atoms with Crippen LogP contribution in [0.5, 0.6) is 0 Å². The predicted molar refractivity (Wildman–Crippen MR) is 104 cm³/mol. The molecule has 0 bridgehead atoms. The van der Waals surface area contributed by atoms with Gasteiger partial charge in [-0.2, -0.15) is 9.41 Å². The van der Waals surface area contributed by atoms with Gasteiger partial charge >= 0.3 is 0 Å². The van der Waals surface area contributed by atoms with Gasteiger partial charge in [-0.15, -0.1) is 0 Å². The number of nitrogens with zero attached hydrogens (tertiary/aromatic N) is 3. The second-order valence-corrected chi connectivity index (χ2v) is 8.09. The molecule has 138 valence electrons. The number of pyridine rings is 1. The highest BCUT2D eigenvalue weighted by Crippen LogP contribution is 2.22. The van der Waals surface area contributed by atoms with Gasteiger partial charge in [0.2, 0.25) is 10.0 Å². The number of benzene rings is 1. The number of aromatic nitrogens is 1. The predicted octanol–water partition coefficient (Wildman–Crippen LogP) is 3.26. The molecule has 1 aliphatic carbocycles. The second-order valence-electron chi connectivity index (χ2n) is 6.15. The molecule has 26 heavy (non-hydrogen) atoms. The summed E-state index contributed by atoms with van der Waals surface area (Å²) in [5.41, 5.74) is 6.45. The molecular weight excluding hydrogens is 348 g/mol. The van der Waals surface area contributed by atoms with Crippen molar-refractivity contribution in [2.75, 3.05) is 18.5 Å². The lowest BCUT2D eigenvalue weighted by molar-refractivity contribution is 0.445. The van der Waals surface area contributed by atoms with Crippen LogP contribution in [-0.2, 0) is 16.4 Å². The molecule has 3 rings (SSSR count). The van der Waals surface area contributed by atoms with Gasteiger partial charge in [0.15, 0.2) is 0 Å². The van der Waals surface area contributed by atoms with Crippen LogP contribution in [-0.4, -0.2) is 36.5 Å². The lowest BCUT2D eigenvalue weighted by Gasteiger charge is -2.18. The Bertz CT molecular complexity index is 888. The first kappa shape index (κ1) is 18.5. The van der Waals surface area contributed by atoms with Crippen LogP contribution >= 0.6 is 0 Å². The smallest absolute Gasteiger partial charge is 0.244 e. The fourth-order valence-corrected chi connectivity index (χ4v) is 4.56. The summed E-state index contributed by atoms with van der Waals surface area (Å²) in [4.78, 5) is 4.41. The number of fused-ring (bicyclic) bond motifs is 1. The van der Waals surface area contributed by atoms with E-state index in [2.05, 4.69) is 27.6 Å². The molecule has 0 aliphatic heterocycles. The number of sulfonamides is 1. The normalized spacial score (nSPS) is 15.9. The van der Waals surface area contributed by atoms with E-state index in [0.29, 0.717) is 18.9 Å². The van der Waals surface area contributed by atoms with Crippen LogP contribution in [0.3, 0.4) is 0 Å². The summed E-state index contributed by atoms with van der Waals surface area (Å²) in [6.45, 7) is 4.52. The van der Waals surface area contributed by atoms with Crippen LogP contribution in [0.25, 0.3) is 0 Å². The molecule has 0 spiro atoms. The van der Waals surface area contributed by atoms with Crippen LogP contribution in [0.1, 0.15) is 37.8 Å². The third-order valence-electron chi connectivity index (χ3n) is 4.57. The van der Waals surface area contributed by atoms with Crippen LogP contribution in [0, 0.1) is 0 Å². The molecule has 0 saturated carbocycles. The van der Waals surface area contributed by atoms with E-state index < -0.39 is 10.0 Å². The van der Waals surface area contributed by atoms with Gasteiger partial charge in [0, 0.05) is 24.8 Å². The fraction of sp³-hybridized carbons (Fsp3) is 0.368. The third kappa shape index (κ3) is 3.78. The van der Waals surface area contributed by atoms with E-state index in [0.717, 1.165) is 25.0 Å². The fourth-order valence-electron chi connectivity index (χ4n) is 3.15. The average Bonchev–Trinajstić information content (AvgIpc) is 2.67. The monoisotopic (exact) mass is 372 g/mol. The molecule has 0 amide bonds. The minimum absolute atomic E-state index is 0.197. The highest BCUT2D eigenvalue weighted by atomic mass is 32.2. The molecule has 0 fully saturated rings. The van der Waals surface area contributed by atoms with Gasteiger partial charge in [0.1, 0.15) is 10.7 Å². The Morgan fingerprint density at radius 3 is 2.58 bits per heavy atom. The molecule has 7 heteroatoms. The molecule has 1 N–H and O–H groups in total. The van der Waals surface area contributed by atoms with Crippen molar-refractivity contribution in [3.8, 4) is 0 Å². The van der Waals surface area contributed by atoms with E-state index in [-0.39, 0.29) is 4.90 Å². The Morgan fingerprint density at radius 1 is 1.12 bits per heavy atom. The first-order valence-electron chi connectivity index (χ1n) is 8.93. The summed E-state index contributed by atoms with van der Waals surface area (Å²) in [5.74, 6) is 0.527. The Kier molecular flexibility index (Phi) is 5.68. The topological polar surface area (TPSA) is 74.7 Å². The van der Waals surface area contributed by atoms with Gasteiger partial charge in [-0.25, -0.2) is 13.4 Å². The highest BCUT2D eigenvalue weighted by Gasteiger charge is 2.21. The van der Waals surface area contributed by atoms with Gasteiger partial charge in [-0.05, 0) is 37.0 Å². The maximum absolute atomic E-state index is 12.5. The van der Waals surface area contributed by atoms with Crippen molar-refractivity contribution in [2.45, 2.75) is 38.0 Å². The second kappa shape index (κ2) is 7.97. The van der Waals surface area contributed by atoms with Crippen molar-refractivity contribution in [1.29, 1.82) is 0 Å². The zero-order valence-electron chi connectivity index (χ0n) is 15.1. The third-order valence-corrected chi connectivity index (χ3v) is 6.61. The van der Waals surface area contributed by atoms with E-state index in [4.69, 9.17) is 0 Å². The number of rotatable bonds is 6. The van der Waals surface area contributed by atoms with Crippen molar-refractivity contribution in [1.82, 2.24) is 9.29 Å². The SMILES string of the molecule is CCN(CC)S(=O)(=O)c1ccc(N/N=C2/CCCc3ccccc32)nc1. The summed E-state index contributed by atoms with van der Waals surface area (Å²) < 4.78 is 26.4. The molecule has 1 aromatic carbocycles. The molecule has 0 atom stereocenters. The Hall–Kier alpha value is -2.25. The Labute approximate surface area is 155 Å². The zero-order chi connectivity index (χ0) is 18.6. The van der Waals surface area contributed by atoms with E-state index in [1.54, 1.807) is 12.1 Å². The van der Waals surface area contributed by atoms with Crippen LogP contribution in [0.4, 0.5) is 5.82 Å². The largest absolute Gasteiger partial charge is 0.261 e. The number of anilines is 1. The Morgan fingerprint density at radius 2 is 1.88 bits per heavy atom. The average molecular weight is 372 g/mol. The van der Waals surface area contributed by atoms with Crippen molar-refractivity contribution >= 4 is 21.6 Å². The molecule has 1 aliphatic rings. The summed E-state index contributed by atoms with van der Waals surface area (Å²) in [6.07, 6.45) is 4.45. The minimum atomic E-state index is -3.49. The van der Waals surface area contributed by atoms with E-state index in [1.165, 1.54) is 21.6 Å². The van der Waals surface area contributed by atoms with Gasteiger partial charge in [0.25, 0.3) is 0 Å². The van der Waals surface area contributed by atoms with E-state index in [1.807, 2.05) is 26.0 Å². The van der Waals surface area contributed by atoms with E-state index >= 15 is 0 Å². The van der Waals surface area contributed by atoms with Crippen LogP contribution in [0.15, 0.2) is 52.6 Å². The maximum Gasteiger partial charge on any atom is 0.244 e. The van der Waals surface area contributed by atoms with Gasteiger partial charge in [0.05, 0.1) is 5.71 Å². The van der Waals surface area contributed by atoms with Crippen molar-refractivity contribution in [3.05, 3.63) is 53.7 Å². The van der Waals surface area contributed by atoms with Gasteiger partial charge < -0.3 is 0 Å². The zero-order valence-corrected chi connectivity index (χ0v) is 16.0. The quantitative estimate of drug-likeness (QED) is 0.790. The first-order valence-corrected chi connectivity index (χ1v) is 10.4. The first-order chi connectivity index (χ1) is 12.6. The number of hydrazone groups is 1. The standard InChI is InChI=1S/C19H24N4O2S/c1-3-23(4-2)26(24,25)16-12-13-19(20-14-16)22-21-18-11-7-9-15-8-5-6-10-17(15)18/h5-6,8,10,12-14H,3-4,7,9,11H2,1-2H3,(H,20,22)/b21-18-. The summed E-state index contributed by atoms with van der Waals surface area (Å²) >= 11 is 0. The molecule has 0 saturated heterocycles. The number of hydrogen-bond donors (Lipinski definition) is 1. The number of nitrogens with one attached hydrogen (secondary N) is 1. The number of aryl methyl sites for hydroxylation is 1. The molecule has 0 unspecified atom stereocenters. The molecule has 2 aromatic rings. The summed E-state index contributed by atoms with van der Waals surface area (Å²) in [6, 6.07) is 11.5. The summed E-state index contributed by atoms with van der Waals surface area (Å²) in [7, 11) is -3.49. The summed E-state index contributed by atoms with van der Waals surface area (Å²) in [5, 5.41) is 4.50. The Balaban J connectivity index is 1.77. The highest BCUT2D eigenvalue weighted by molar-refractivity contribution is 7.89. The van der Waals surface area contributed by atoms with Gasteiger partial charge in [-0.3, -0.25) is 5.43 Å². The molecular formula is C19H24N4O2S. The molecule has 1 aromatic heterocycles. The number of hydrogen-bond acceptors (Lipinski definition) is 5. The maximum atomic E-state index is 12.5.